The number of carboxylic acids is 1. The second kappa shape index (κ2) is 11.2. The number of unbranched alkanes of at least 4 members (excludes halogenated alkanes) is 3. The zero-order chi connectivity index (χ0) is 23.9. The number of aliphatic carboxylic acids is 1. The molecule has 2 aromatic rings. The first-order chi connectivity index (χ1) is 16.5. The highest BCUT2D eigenvalue weighted by molar-refractivity contribution is 5.79. The Balaban J connectivity index is 1.06. The first-order valence-electron chi connectivity index (χ1n) is 12.1. The topological polar surface area (TPSA) is 105 Å². The second-order valence-corrected chi connectivity index (χ2v) is 9.16. The molecular formula is C27H32N2O5. The molecule has 2 aromatic carbocycles. The van der Waals surface area contributed by atoms with Crippen molar-refractivity contribution < 1.29 is 24.2 Å². The maximum Gasteiger partial charge on any atom is 0.407 e. The van der Waals surface area contributed by atoms with Crippen LogP contribution in [0.5, 0.6) is 0 Å². The number of benzene rings is 2. The molecule has 1 fully saturated rings. The van der Waals surface area contributed by atoms with Crippen LogP contribution in [0.3, 0.4) is 0 Å². The third-order valence-electron chi connectivity index (χ3n) is 6.74. The van der Waals surface area contributed by atoms with E-state index in [1.54, 1.807) is 0 Å². The van der Waals surface area contributed by atoms with E-state index >= 15 is 0 Å². The molecule has 34 heavy (non-hydrogen) atoms. The lowest BCUT2D eigenvalue weighted by Crippen LogP contribution is -2.27. The van der Waals surface area contributed by atoms with E-state index in [1.807, 2.05) is 24.3 Å². The molecule has 180 valence electrons. The number of amides is 2. The van der Waals surface area contributed by atoms with E-state index in [-0.39, 0.29) is 23.7 Å². The van der Waals surface area contributed by atoms with Crippen LogP contribution in [0, 0.1) is 11.8 Å². The molecule has 2 amide bonds. The highest BCUT2D eigenvalue weighted by atomic mass is 16.5. The maximum atomic E-state index is 12.2. The minimum atomic E-state index is -0.772. The average Bonchev–Trinajstić information content (AvgIpc) is 3.56. The Morgan fingerprint density at radius 2 is 1.53 bits per heavy atom. The highest BCUT2D eigenvalue weighted by Gasteiger charge is 2.42. The zero-order valence-corrected chi connectivity index (χ0v) is 19.3. The fraction of sp³-hybridized carbons (Fsp3) is 0.444. The van der Waals surface area contributed by atoms with Crippen LogP contribution < -0.4 is 10.6 Å². The van der Waals surface area contributed by atoms with Crippen molar-refractivity contribution in [1.29, 1.82) is 0 Å². The Morgan fingerprint density at radius 1 is 0.882 bits per heavy atom. The molecule has 0 spiro atoms. The Kier molecular flexibility index (Phi) is 7.83. The molecule has 0 aliphatic heterocycles. The molecule has 2 aliphatic carbocycles. The number of fused-ring (bicyclic) bond motifs is 3. The Morgan fingerprint density at radius 3 is 2.18 bits per heavy atom. The van der Waals surface area contributed by atoms with Crippen LogP contribution in [0.2, 0.25) is 0 Å². The number of alkyl carbamates (subject to hydrolysis) is 1. The smallest absolute Gasteiger partial charge is 0.407 e. The number of nitrogens with one attached hydrogen (secondary N) is 2. The Bertz CT molecular complexity index is 992. The highest BCUT2D eigenvalue weighted by Crippen LogP contribution is 2.44. The average molecular weight is 465 g/mol. The van der Waals surface area contributed by atoms with Gasteiger partial charge >= 0.3 is 12.1 Å². The van der Waals surface area contributed by atoms with Gasteiger partial charge in [-0.2, -0.15) is 0 Å². The number of carbonyl (C=O) groups excluding carboxylic acids is 2. The van der Waals surface area contributed by atoms with E-state index in [0.717, 1.165) is 25.7 Å². The summed E-state index contributed by atoms with van der Waals surface area (Å²) in [7, 11) is 0. The number of hydrogen-bond donors (Lipinski definition) is 3. The summed E-state index contributed by atoms with van der Waals surface area (Å²) in [5.41, 5.74) is 4.80. The lowest BCUT2D eigenvalue weighted by molar-refractivity contribution is -0.139. The van der Waals surface area contributed by atoms with Gasteiger partial charge in [-0.15, -0.1) is 0 Å². The minimum absolute atomic E-state index is 0.0206. The van der Waals surface area contributed by atoms with Crippen molar-refractivity contribution in [2.75, 3.05) is 19.7 Å². The van der Waals surface area contributed by atoms with Gasteiger partial charge in [0.15, 0.2) is 0 Å². The monoisotopic (exact) mass is 464 g/mol. The van der Waals surface area contributed by atoms with Gasteiger partial charge in [0.05, 0.1) is 5.92 Å². The van der Waals surface area contributed by atoms with Gasteiger partial charge in [-0.05, 0) is 47.4 Å². The molecule has 2 aliphatic rings. The summed E-state index contributed by atoms with van der Waals surface area (Å²) in [6.45, 7) is 1.31. The van der Waals surface area contributed by atoms with Crippen molar-refractivity contribution in [3.8, 4) is 11.1 Å². The summed E-state index contributed by atoms with van der Waals surface area (Å²) in [5, 5.41) is 14.5. The number of hydrogen-bond acceptors (Lipinski definition) is 4. The van der Waals surface area contributed by atoms with Gasteiger partial charge in [0, 0.05) is 25.4 Å². The van der Waals surface area contributed by atoms with Crippen LogP contribution in [-0.4, -0.2) is 42.8 Å². The molecule has 0 bridgehead atoms. The fourth-order valence-electron chi connectivity index (χ4n) is 4.71. The van der Waals surface area contributed by atoms with Crippen LogP contribution >= 0.6 is 0 Å². The van der Waals surface area contributed by atoms with Crippen molar-refractivity contribution in [3.63, 3.8) is 0 Å². The predicted molar refractivity (Wildman–Crippen MR) is 128 cm³/mol. The summed E-state index contributed by atoms with van der Waals surface area (Å²) in [6, 6.07) is 16.5. The normalized spacial score (nSPS) is 18.0. The zero-order valence-electron chi connectivity index (χ0n) is 19.3. The SMILES string of the molecule is O=C(CCCCCCNC(=O)OCC1c2ccccc2-c2ccccc21)NCC1CC1C(=O)O. The molecule has 2 unspecified atom stereocenters. The largest absolute Gasteiger partial charge is 0.481 e. The van der Waals surface area contributed by atoms with E-state index in [2.05, 4.69) is 34.9 Å². The third-order valence-corrected chi connectivity index (χ3v) is 6.74. The fourth-order valence-corrected chi connectivity index (χ4v) is 4.71. The number of carbonyl (C=O) groups is 3. The van der Waals surface area contributed by atoms with Gasteiger partial charge in [0.2, 0.25) is 5.91 Å². The number of carboxylic acid groups (broad SMARTS) is 1. The quantitative estimate of drug-likeness (QED) is 0.406. The molecule has 0 saturated heterocycles. The van der Waals surface area contributed by atoms with Gasteiger partial charge in [-0.1, -0.05) is 61.4 Å². The first kappa shape index (κ1) is 23.8. The molecule has 0 heterocycles. The molecule has 0 radical (unpaired) electrons. The van der Waals surface area contributed by atoms with E-state index in [4.69, 9.17) is 9.84 Å². The van der Waals surface area contributed by atoms with Crippen molar-refractivity contribution in [2.45, 2.75) is 44.4 Å². The molecule has 4 rings (SSSR count). The van der Waals surface area contributed by atoms with Crippen LogP contribution in [-0.2, 0) is 14.3 Å². The van der Waals surface area contributed by atoms with E-state index in [0.29, 0.717) is 32.5 Å². The molecule has 1 saturated carbocycles. The maximum absolute atomic E-state index is 12.2. The van der Waals surface area contributed by atoms with E-state index < -0.39 is 12.1 Å². The summed E-state index contributed by atoms with van der Waals surface area (Å²) in [5.74, 6) is -0.937. The van der Waals surface area contributed by atoms with Crippen LogP contribution in [0.1, 0.15) is 55.6 Å². The van der Waals surface area contributed by atoms with Gasteiger partial charge in [0.1, 0.15) is 6.61 Å². The van der Waals surface area contributed by atoms with Crippen LogP contribution in [0.4, 0.5) is 4.79 Å². The Hall–Kier alpha value is -3.35. The Labute approximate surface area is 199 Å². The number of ether oxygens (including phenoxy) is 1. The summed E-state index contributed by atoms with van der Waals surface area (Å²) in [4.78, 5) is 34.8. The summed E-state index contributed by atoms with van der Waals surface area (Å²) in [6.07, 6.45) is 4.14. The van der Waals surface area contributed by atoms with Gasteiger partial charge in [-0.3, -0.25) is 9.59 Å². The lowest BCUT2D eigenvalue weighted by Gasteiger charge is -2.14. The van der Waals surface area contributed by atoms with Gasteiger partial charge in [-0.25, -0.2) is 4.79 Å². The summed E-state index contributed by atoms with van der Waals surface area (Å²) < 4.78 is 5.53. The molecular weight excluding hydrogens is 432 g/mol. The van der Waals surface area contributed by atoms with Gasteiger partial charge in [0.25, 0.3) is 0 Å². The lowest BCUT2D eigenvalue weighted by atomic mass is 9.98. The van der Waals surface area contributed by atoms with Crippen molar-refractivity contribution in [2.24, 2.45) is 11.8 Å². The summed E-state index contributed by atoms with van der Waals surface area (Å²) >= 11 is 0. The third kappa shape index (κ3) is 5.95. The van der Waals surface area contributed by atoms with Crippen molar-refractivity contribution in [1.82, 2.24) is 10.6 Å². The van der Waals surface area contributed by atoms with Crippen LogP contribution in [0.15, 0.2) is 48.5 Å². The van der Waals surface area contributed by atoms with E-state index in [1.165, 1.54) is 22.3 Å². The minimum Gasteiger partial charge on any atom is -0.481 e. The van der Waals surface area contributed by atoms with Crippen molar-refractivity contribution in [3.05, 3.63) is 59.7 Å². The van der Waals surface area contributed by atoms with Crippen molar-refractivity contribution >= 4 is 18.0 Å². The van der Waals surface area contributed by atoms with Gasteiger partial charge < -0.3 is 20.5 Å². The predicted octanol–water partition coefficient (Wildman–Crippen LogP) is 4.31. The van der Waals surface area contributed by atoms with E-state index in [9.17, 15) is 14.4 Å². The number of rotatable bonds is 12. The molecule has 7 nitrogen and oxygen atoms in total. The standard InChI is InChI=1S/C27H32N2O5/c30-25(29-16-18-15-23(18)26(31)32)13-3-1-2-8-14-28-27(33)34-17-24-21-11-6-4-9-19(21)20-10-5-7-12-22(20)24/h4-7,9-12,18,23-24H,1-3,8,13-17H2,(H,28,33)(H,29,30)(H,31,32). The second-order valence-electron chi connectivity index (χ2n) is 9.16. The molecule has 2 atom stereocenters. The first-order valence-corrected chi connectivity index (χ1v) is 12.1. The molecule has 0 aromatic heterocycles. The molecule has 7 heteroatoms. The molecule has 3 N–H and O–H groups in total. The van der Waals surface area contributed by atoms with Crippen LogP contribution in [0.25, 0.3) is 11.1 Å².